The molecule has 112 valence electrons. The molecule has 2 aromatic rings. The maximum atomic E-state index is 13.8. The summed E-state index contributed by atoms with van der Waals surface area (Å²) in [7, 11) is 0. The summed E-state index contributed by atoms with van der Waals surface area (Å²) in [6.07, 6.45) is 1.71. The highest BCUT2D eigenvalue weighted by atomic mass is 19.1. The smallest absolute Gasteiger partial charge is 0.131 e. The number of benzene rings is 2. The predicted octanol–water partition coefficient (Wildman–Crippen LogP) is 4.74. The Bertz CT molecular complexity index is 692. The Balaban J connectivity index is 2.32. The third-order valence-electron chi connectivity index (χ3n) is 3.62. The van der Waals surface area contributed by atoms with Crippen molar-refractivity contribution in [3.8, 4) is 6.07 Å². The predicted molar refractivity (Wildman–Crippen MR) is 89.9 cm³/mol. The van der Waals surface area contributed by atoms with Crippen molar-refractivity contribution < 1.29 is 4.39 Å². The topological polar surface area (TPSA) is 27.0 Å². The molecule has 22 heavy (non-hydrogen) atoms. The molecule has 0 atom stereocenters. The fourth-order valence-corrected chi connectivity index (χ4v) is 2.39. The van der Waals surface area contributed by atoms with Gasteiger partial charge in [-0.2, -0.15) is 5.26 Å². The Hall–Kier alpha value is -2.60. The van der Waals surface area contributed by atoms with Gasteiger partial charge in [0.1, 0.15) is 5.82 Å². The first-order chi connectivity index (χ1) is 10.7. The van der Waals surface area contributed by atoms with Gasteiger partial charge >= 0.3 is 0 Å². The normalized spacial score (nSPS) is 11.1. The van der Waals surface area contributed by atoms with Crippen molar-refractivity contribution >= 4 is 17.3 Å². The Labute approximate surface area is 131 Å². The van der Waals surface area contributed by atoms with E-state index in [1.165, 1.54) is 6.07 Å². The summed E-state index contributed by atoms with van der Waals surface area (Å²) in [4.78, 5) is 2.25. The number of anilines is 1. The van der Waals surface area contributed by atoms with Gasteiger partial charge in [-0.1, -0.05) is 30.3 Å². The van der Waals surface area contributed by atoms with E-state index in [4.69, 9.17) is 0 Å². The van der Waals surface area contributed by atoms with Crippen LogP contribution in [-0.2, 0) is 0 Å². The molecule has 0 aliphatic heterocycles. The molecule has 0 aromatic heterocycles. The highest BCUT2D eigenvalue weighted by Crippen LogP contribution is 2.22. The maximum Gasteiger partial charge on any atom is 0.131 e. The zero-order valence-corrected chi connectivity index (χ0v) is 12.9. The molecule has 0 amide bonds. The lowest BCUT2D eigenvalue weighted by Crippen LogP contribution is -2.21. The van der Waals surface area contributed by atoms with Crippen LogP contribution in [0, 0.1) is 17.1 Å². The summed E-state index contributed by atoms with van der Waals surface area (Å²) in [5.41, 5.74) is 2.69. The molecule has 0 unspecified atom stereocenters. The monoisotopic (exact) mass is 294 g/mol. The standard InChI is InChI=1S/C19H19FN2/c1-3-22(4-2)17-11-9-15(10-12-17)13-16(14-21)18-7-5-6-8-19(18)20/h5-13H,3-4H2,1-2H3. The number of hydrogen-bond acceptors (Lipinski definition) is 2. The molecule has 0 bridgehead atoms. The third kappa shape index (κ3) is 3.53. The molecule has 0 N–H and O–H groups in total. The molecule has 0 saturated carbocycles. The molecule has 0 fully saturated rings. The van der Waals surface area contributed by atoms with Gasteiger partial charge in [-0.15, -0.1) is 0 Å². The van der Waals surface area contributed by atoms with E-state index in [0.717, 1.165) is 24.3 Å². The third-order valence-corrected chi connectivity index (χ3v) is 3.62. The van der Waals surface area contributed by atoms with E-state index in [0.29, 0.717) is 11.1 Å². The van der Waals surface area contributed by atoms with Crippen LogP contribution in [0.15, 0.2) is 48.5 Å². The van der Waals surface area contributed by atoms with Crippen LogP contribution in [0.2, 0.25) is 0 Å². The van der Waals surface area contributed by atoms with E-state index in [1.807, 2.05) is 24.3 Å². The van der Waals surface area contributed by atoms with E-state index >= 15 is 0 Å². The Morgan fingerprint density at radius 2 is 1.73 bits per heavy atom. The first-order valence-electron chi connectivity index (χ1n) is 7.41. The summed E-state index contributed by atoms with van der Waals surface area (Å²) in [5.74, 6) is -0.380. The van der Waals surface area contributed by atoms with Gasteiger partial charge in [-0.3, -0.25) is 0 Å². The molecule has 0 heterocycles. The first kappa shape index (κ1) is 15.8. The van der Waals surface area contributed by atoms with Gasteiger partial charge in [0, 0.05) is 24.3 Å². The number of halogens is 1. The van der Waals surface area contributed by atoms with Gasteiger partial charge in [0.2, 0.25) is 0 Å². The largest absolute Gasteiger partial charge is 0.372 e. The van der Waals surface area contributed by atoms with Crippen molar-refractivity contribution in [3.63, 3.8) is 0 Å². The second-order valence-corrected chi connectivity index (χ2v) is 4.91. The summed E-state index contributed by atoms with van der Waals surface area (Å²) < 4.78 is 13.8. The van der Waals surface area contributed by atoms with Crippen molar-refractivity contribution in [3.05, 3.63) is 65.5 Å². The lowest BCUT2D eigenvalue weighted by Gasteiger charge is -2.20. The molecule has 2 nitrogen and oxygen atoms in total. The van der Waals surface area contributed by atoms with Gasteiger partial charge in [0.05, 0.1) is 11.6 Å². The summed E-state index contributed by atoms with van der Waals surface area (Å²) in [5, 5.41) is 9.29. The zero-order chi connectivity index (χ0) is 15.9. The van der Waals surface area contributed by atoms with Crippen LogP contribution in [0.3, 0.4) is 0 Å². The van der Waals surface area contributed by atoms with Crippen molar-refractivity contribution in [2.24, 2.45) is 0 Å². The van der Waals surface area contributed by atoms with Gasteiger partial charge in [-0.05, 0) is 43.7 Å². The molecule has 0 aliphatic rings. The van der Waals surface area contributed by atoms with E-state index in [2.05, 4.69) is 24.8 Å². The fourth-order valence-electron chi connectivity index (χ4n) is 2.39. The molecule has 3 heteroatoms. The van der Waals surface area contributed by atoms with Crippen molar-refractivity contribution in [1.29, 1.82) is 5.26 Å². The SMILES string of the molecule is CCN(CC)c1ccc(C=C(C#N)c2ccccc2F)cc1. The maximum absolute atomic E-state index is 13.8. The highest BCUT2D eigenvalue weighted by Gasteiger charge is 2.07. The van der Waals surface area contributed by atoms with E-state index in [-0.39, 0.29) is 5.82 Å². The van der Waals surface area contributed by atoms with Crippen molar-refractivity contribution in [2.45, 2.75) is 13.8 Å². The second-order valence-electron chi connectivity index (χ2n) is 4.91. The quantitative estimate of drug-likeness (QED) is 0.588. The molecule has 2 rings (SSSR count). The first-order valence-corrected chi connectivity index (χ1v) is 7.41. The minimum absolute atomic E-state index is 0.327. The second kappa shape index (κ2) is 7.42. The Morgan fingerprint density at radius 3 is 2.27 bits per heavy atom. The molecule has 0 spiro atoms. The van der Waals surface area contributed by atoms with Gasteiger partial charge in [-0.25, -0.2) is 4.39 Å². The Kier molecular flexibility index (Phi) is 5.32. The number of allylic oxidation sites excluding steroid dienone is 1. The minimum Gasteiger partial charge on any atom is -0.372 e. The number of nitriles is 1. The van der Waals surface area contributed by atoms with E-state index in [1.54, 1.807) is 24.3 Å². The lowest BCUT2D eigenvalue weighted by molar-refractivity contribution is 0.624. The number of nitrogens with zero attached hydrogens (tertiary/aromatic N) is 2. The van der Waals surface area contributed by atoms with Gasteiger partial charge in [0.15, 0.2) is 0 Å². The molecule has 0 saturated heterocycles. The minimum atomic E-state index is -0.380. The number of hydrogen-bond donors (Lipinski definition) is 0. The molecular weight excluding hydrogens is 275 g/mol. The highest BCUT2D eigenvalue weighted by molar-refractivity contribution is 5.89. The molecule has 0 radical (unpaired) electrons. The molecule has 2 aromatic carbocycles. The van der Waals surface area contributed by atoms with Gasteiger partial charge < -0.3 is 4.90 Å². The lowest BCUT2D eigenvalue weighted by atomic mass is 10.0. The zero-order valence-electron chi connectivity index (χ0n) is 12.9. The van der Waals surface area contributed by atoms with Crippen molar-refractivity contribution in [2.75, 3.05) is 18.0 Å². The fraction of sp³-hybridized carbons (Fsp3) is 0.211. The van der Waals surface area contributed by atoms with Crippen LogP contribution in [0.4, 0.5) is 10.1 Å². The molecular formula is C19H19FN2. The van der Waals surface area contributed by atoms with Crippen LogP contribution >= 0.6 is 0 Å². The summed E-state index contributed by atoms with van der Waals surface area (Å²) >= 11 is 0. The van der Waals surface area contributed by atoms with E-state index in [9.17, 15) is 9.65 Å². The van der Waals surface area contributed by atoms with E-state index < -0.39 is 0 Å². The summed E-state index contributed by atoms with van der Waals surface area (Å²) in [6, 6.07) is 16.4. The Morgan fingerprint density at radius 1 is 1.09 bits per heavy atom. The summed E-state index contributed by atoms with van der Waals surface area (Å²) in [6.45, 7) is 6.13. The van der Waals surface area contributed by atoms with Crippen LogP contribution in [-0.4, -0.2) is 13.1 Å². The number of rotatable bonds is 5. The van der Waals surface area contributed by atoms with Crippen LogP contribution in [0.1, 0.15) is 25.0 Å². The average Bonchev–Trinajstić information content (AvgIpc) is 2.56. The van der Waals surface area contributed by atoms with Crippen LogP contribution in [0.5, 0.6) is 0 Å². The average molecular weight is 294 g/mol. The van der Waals surface area contributed by atoms with Crippen LogP contribution < -0.4 is 4.90 Å². The van der Waals surface area contributed by atoms with Crippen LogP contribution in [0.25, 0.3) is 11.6 Å². The molecule has 0 aliphatic carbocycles. The van der Waals surface area contributed by atoms with Gasteiger partial charge in [0.25, 0.3) is 0 Å². The van der Waals surface area contributed by atoms with Crippen molar-refractivity contribution in [1.82, 2.24) is 0 Å².